The zero-order valence-electron chi connectivity index (χ0n) is 12.0. The summed E-state index contributed by atoms with van der Waals surface area (Å²) in [6.07, 6.45) is 3.65. The molecule has 2 heteroatoms. The topological polar surface area (TPSA) is 21.3 Å². The molecule has 0 aliphatic carbocycles. The van der Waals surface area contributed by atoms with Crippen LogP contribution >= 0.6 is 0 Å². The molecule has 2 nitrogen and oxygen atoms in total. The molecule has 1 aliphatic heterocycles. The van der Waals surface area contributed by atoms with Crippen LogP contribution in [0.5, 0.6) is 5.75 Å². The minimum absolute atomic E-state index is 0.249. The summed E-state index contributed by atoms with van der Waals surface area (Å²) in [5, 5.41) is 3.62. The van der Waals surface area contributed by atoms with Gasteiger partial charge in [0.15, 0.2) is 0 Å². The number of nitrogens with one attached hydrogen (secondary N) is 1. The first kappa shape index (κ1) is 13.4. The lowest BCUT2D eigenvalue weighted by atomic mass is 9.70. The van der Waals surface area contributed by atoms with Crippen LogP contribution in [0.1, 0.15) is 39.2 Å². The summed E-state index contributed by atoms with van der Waals surface area (Å²) in [7, 11) is 1.71. The molecule has 0 saturated carbocycles. The molecule has 0 spiro atoms. The molecule has 1 aromatic carbocycles. The van der Waals surface area contributed by atoms with E-state index in [-0.39, 0.29) is 5.54 Å². The molecule has 1 heterocycles. The van der Waals surface area contributed by atoms with E-state index in [2.05, 4.69) is 50.4 Å². The van der Waals surface area contributed by atoms with Crippen molar-refractivity contribution in [1.82, 2.24) is 5.32 Å². The molecule has 0 radical (unpaired) electrons. The summed E-state index contributed by atoms with van der Waals surface area (Å²) in [4.78, 5) is 0. The van der Waals surface area contributed by atoms with Crippen molar-refractivity contribution in [2.45, 2.75) is 45.6 Å². The maximum Gasteiger partial charge on any atom is 0.118 e. The van der Waals surface area contributed by atoms with Gasteiger partial charge in [-0.05, 0) is 62.8 Å². The second kappa shape index (κ2) is 4.93. The zero-order chi connectivity index (χ0) is 13.2. The van der Waals surface area contributed by atoms with E-state index >= 15 is 0 Å². The fourth-order valence-electron chi connectivity index (χ4n) is 2.83. The second-order valence-electron chi connectivity index (χ2n) is 6.21. The summed E-state index contributed by atoms with van der Waals surface area (Å²) >= 11 is 0. The van der Waals surface area contributed by atoms with Gasteiger partial charge in [0, 0.05) is 5.54 Å². The number of hydrogen-bond donors (Lipinski definition) is 1. The number of aryl methyl sites for hydroxylation is 1. The molecule has 2 rings (SSSR count). The summed E-state index contributed by atoms with van der Waals surface area (Å²) in [5.74, 6) is 0.938. The Bertz CT molecular complexity index is 396. The Kier molecular flexibility index (Phi) is 3.67. The SMILES string of the molecule is COc1ccc(CCC2(C)CCNC2(C)C)cc1. The minimum atomic E-state index is 0.249. The molecule has 0 bridgehead atoms. The van der Waals surface area contributed by atoms with Gasteiger partial charge < -0.3 is 10.1 Å². The van der Waals surface area contributed by atoms with Gasteiger partial charge in [0.1, 0.15) is 5.75 Å². The molecule has 0 amide bonds. The van der Waals surface area contributed by atoms with E-state index in [0.29, 0.717) is 5.41 Å². The van der Waals surface area contributed by atoms with Crippen LogP contribution in [-0.4, -0.2) is 19.2 Å². The predicted molar refractivity (Wildman–Crippen MR) is 76.1 cm³/mol. The van der Waals surface area contributed by atoms with Crippen molar-refractivity contribution in [2.75, 3.05) is 13.7 Å². The Morgan fingerprint density at radius 2 is 1.83 bits per heavy atom. The first-order valence-corrected chi connectivity index (χ1v) is 6.85. The molecule has 1 atom stereocenters. The highest BCUT2D eigenvalue weighted by Crippen LogP contribution is 2.42. The summed E-state index contributed by atoms with van der Waals surface area (Å²) in [6, 6.07) is 8.46. The fourth-order valence-corrected chi connectivity index (χ4v) is 2.83. The monoisotopic (exact) mass is 247 g/mol. The van der Waals surface area contributed by atoms with Gasteiger partial charge in [0.05, 0.1) is 7.11 Å². The van der Waals surface area contributed by atoms with Crippen molar-refractivity contribution >= 4 is 0 Å². The number of rotatable bonds is 4. The van der Waals surface area contributed by atoms with Crippen LogP contribution in [-0.2, 0) is 6.42 Å². The van der Waals surface area contributed by atoms with E-state index < -0.39 is 0 Å². The van der Waals surface area contributed by atoms with E-state index in [1.807, 2.05) is 0 Å². The van der Waals surface area contributed by atoms with Crippen LogP contribution in [0.2, 0.25) is 0 Å². The Labute approximate surface area is 111 Å². The molecule has 1 aromatic rings. The van der Waals surface area contributed by atoms with Gasteiger partial charge in [-0.3, -0.25) is 0 Å². The van der Waals surface area contributed by atoms with E-state index in [9.17, 15) is 0 Å². The summed E-state index contributed by atoms with van der Waals surface area (Å²) < 4.78 is 5.19. The van der Waals surface area contributed by atoms with Gasteiger partial charge in [-0.15, -0.1) is 0 Å². The van der Waals surface area contributed by atoms with Crippen molar-refractivity contribution in [2.24, 2.45) is 5.41 Å². The van der Waals surface area contributed by atoms with Crippen molar-refractivity contribution in [3.05, 3.63) is 29.8 Å². The maximum absolute atomic E-state index is 5.19. The second-order valence-corrected chi connectivity index (χ2v) is 6.21. The first-order chi connectivity index (χ1) is 8.47. The number of hydrogen-bond acceptors (Lipinski definition) is 2. The van der Waals surface area contributed by atoms with Gasteiger partial charge in [0.25, 0.3) is 0 Å². The Hall–Kier alpha value is -1.02. The van der Waals surface area contributed by atoms with Crippen LogP contribution in [0.15, 0.2) is 24.3 Å². The molecular formula is C16H25NO. The van der Waals surface area contributed by atoms with Gasteiger partial charge in [0.2, 0.25) is 0 Å². The average molecular weight is 247 g/mol. The Morgan fingerprint density at radius 3 is 2.33 bits per heavy atom. The number of ether oxygens (including phenoxy) is 1. The summed E-state index contributed by atoms with van der Waals surface area (Å²) in [5.41, 5.74) is 2.05. The van der Waals surface area contributed by atoms with Crippen LogP contribution in [0.25, 0.3) is 0 Å². The van der Waals surface area contributed by atoms with Gasteiger partial charge >= 0.3 is 0 Å². The molecule has 1 N–H and O–H groups in total. The molecule has 1 unspecified atom stereocenters. The van der Waals surface area contributed by atoms with E-state index in [4.69, 9.17) is 4.74 Å². The van der Waals surface area contributed by atoms with Crippen LogP contribution in [0.3, 0.4) is 0 Å². The minimum Gasteiger partial charge on any atom is -0.497 e. The van der Waals surface area contributed by atoms with Crippen molar-refractivity contribution in [3.63, 3.8) is 0 Å². The molecular weight excluding hydrogens is 222 g/mol. The smallest absolute Gasteiger partial charge is 0.118 e. The highest BCUT2D eigenvalue weighted by Gasteiger charge is 2.44. The van der Waals surface area contributed by atoms with Gasteiger partial charge in [-0.2, -0.15) is 0 Å². The van der Waals surface area contributed by atoms with E-state index in [0.717, 1.165) is 18.7 Å². The third-order valence-corrected chi connectivity index (χ3v) is 4.88. The summed E-state index contributed by atoms with van der Waals surface area (Å²) in [6.45, 7) is 8.21. The standard InChI is InChI=1S/C16H25NO/c1-15(2)16(3,11-12-17-15)10-9-13-5-7-14(18-4)8-6-13/h5-8,17H,9-12H2,1-4H3. The average Bonchev–Trinajstić information content (AvgIpc) is 2.62. The molecule has 1 aliphatic rings. The molecule has 100 valence electrons. The van der Waals surface area contributed by atoms with Crippen molar-refractivity contribution in [1.29, 1.82) is 0 Å². The highest BCUT2D eigenvalue weighted by atomic mass is 16.5. The predicted octanol–water partition coefficient (Wildman–Crippen LogP) is 3.41. The highest BCUT2D eigenvalue weighted by molar-refractivity contribution is 5.27. The largest absolute Gasteiger partial charge is 0.497 e. The molecule has 18 heavy (non-hydrogen) atoms. The third-order valence-electron chi connectivity index (χ3n) is 4.88. The normalized spacial score (nSPS) is 26.2. The van der Waals surface area contributed by atoms with E-state index in [1.165, 1.54) is 18.4 Å². The van der Waals surface area contributed by atoms with Crippen LogP contribution in [0, 0.1) is 5.41 Å². The van der Waals surface area contributed by atoms with Crippen molar-refractivity contribution < 1.29 is 4.74 Å². The Balaban J connectivity index is 1.98. The van der Waals surface area contributed by atoms with Crippen LogP contribution < -0.4 is 10.1 Å². The van der Waals surface area contributed by atoms with Crippen molar-refractivity contribution in [3.8, 4) is 5.75 Å². The zero-order valence-corrected chi connectivity index (χ0v) is 12.0. The lowest BCUT2D eigenvalue weighted by Gasteiger charge is -2.38. The lowest BCUT2D eigenvalue weighted by molar-refractivity contribution is 0.181. The Morgan fingerprint density at radius 1 is 1.17 bits per heavy atom. The number of methoxy groups -OCH3 is 1. The maximum atomic E-state index is 5.19. The number of benzene rings is 1. The fraction of sp³-hybridized carbons (Fsp3) is 0.625. The molecule has 1 saturated heterocycles. The van der Waals surface area contributed by atoms with Gasteiger partial charge in [-0.25, -0.2) is 0 Å². The molecule has 1 fully saturated rings. The molecule has 0 aromatic heterocycles. The van der Waals surface area contributed by atoms with Gasteiger partial charge in [-0.1, -0.05) is 19.1 Å². The van der Waals surface area contributed by atoms with Crippen LogP contribution in [0.4, 0.5) is 0 Å². The third kappa shape index (κ3) is 2.54. The first-order valence-electron chi connectivity index (χ1n) is 6.85. The quantitative estimate of drug-likeness (QED) is 0.880. The lowest BCUT2D eigenvalue weighted by Crippen LogP contribution is -2.45. The van der Waals surface area contributed by atoms with E-state index in [1.54, 1.807) is 7.11 Å².